The molecule has 5 aromatic rings. The van der Waals surface area contributed by atoms with Crippen molar-refractivity contribution in [3.8, 4) is 45.3 Å². The van der Waals surface area contributed by atoms with Crippen LogP contribution in [0.5, 0.6) is 11.6 Å². The molecule has 2 fully saturated rings. The Morgan fingerprint density at radius 1 is 1.04 bits per heavy atom. The number of methoxy groups -OCH3 is 2. The van der Waals surface area contributed by atoms with Gasteiger partial charge in [-0.2, -0.15) is 0 Å². The second-order valence-electron chi connectivity index (χ2n) is 13.1. The van der Waals surface area contributed by atoms with E-state index in [0.717, 1.165) is 24.8 Å². The van der Waals surface area contributed by atoms with Crippen molar-refractivity contribution in [1.82, 2.24) is 40.5 Å². The third-order valence-corrected chi connectivity index (χ3v) is 10.5. The van der Waals surface area contributed by atoms with Gasteiger partial charge in [-0.1, -0.05) is 47.5 Å². The summed E-state index contributed by atoms with van der Waals surface area (Å²) in [5, 5.41) is 24.6. The maximum atomic E-state index is 11.5. The molecule has 1 saturated heterocycles. The van der Waals surface area contributed by atoms with Crippen LogP contribution in [0, 0.1) is 5.41 Å². The number of nitrogens with one attached hydrogen (secondary N) is 3. The molecule has 0 radical (unpaired) electrons. The number of aromatic nitrogens is 5. The summed E-state index contributed by atoms with van der Waals surface area (Å²) < 4.78 is 13.0. The SMILES string of the molecule is COc1nc(-c2cccc(-c3ccnc(-c4cc(OC)c5nc(CNCCC6(C(=O)O)CC6)nn5c4)c3Cl)c2Cl)ccc1CNC[C@H]1CCC(=O)N1. The van der Waals surface area contributed by atoms with Crippen molar-refractivity contribution < 1.29 is 24.2 Å². The minimum Gasteiger partial charge on any atom is -0.493 e. The molecule has 1 saturated carbocycles. The minimum atomic E-state index is -0.732. The van der Waals surface area contributed by atoms with Crippen molar-refractivity contribution in [3.63, 3.8) is 0 Å². The van der Waals surface area contributed by atoms with E-state index in [0.29, 0.717) is 106 Å². The van der Waals surface area contributed by atoms with E-state index < -0.39 is 11.4 Å². The number of nitrogens with zero attached hydrogens (tertiary/aromatic N) is 5. The molecule has 1 amide bonds. The number of benzene rings is 1. The van der Waals surface area contributed by atoms with Gasteiger partial charge in [0.05, 0.1) is 47.6 Å². The highest BCUT2D eigenvalue weighted by Gasteiger charge is 2.49. The fourth-order valence-electron chi connectivity index (χ4n) is 6.54. The molecule has 13 nitrogen and oxygen atoms in total. The van der Waals surface area contributed by atoms with E-state index in [4.69, 9.17) is 37.7 Å². The first-order valence-electron chi connectivity index (χ1n) is 17.0. The van der Waals surface area contributed by atoms with Crippen LogP contribution in [0.3, 0.4) is 0 Å². The Balaban J connectivity index is 1.11. The largest absolute Gasteiger partial charge is 0.493 e. The molecule has 4 N–H and O–H groups in total. The highest BCUT2D eigenvalue weighted by atomic mass is 35.5. The van der Waals surface area contributed by atoms with Crippen molar-refractivity contribution >= 4 is 40.7 Å². The lowest BCUT2D eigenvalue weighted by molar-refractivity contribution is -0.143. The Hall–Kier alpha value is -4.82. The van der Waals surface area contributed by atoms with E-state index >= 15 is 0 Å². The van der Waals surface area contributed by atoms with Crippen molar-refractivity contribution in [2.45, 2.75) is 51.2 Å². The van der Waals surface area contributed by atoms with Gasteiger partial charge in [0, 0.05) is 65.8 Å². The van der Waals surface area contributed by atoms with Crippen molar-refractivity contribution in [2.24, 2.45) is 5.41 Å². The quantitative estimate of drug-likeness (QED) is 0.0993. The first kappa shape index (κ1) is 35.6. The van der Waals surface area contributed by atoms with Gasteiger partial charge < -0.3 is 30.5 Å². The lowest BCUT2D eigenvalue weighted by atomic mass is 10.00. The van der Waals surface area contributed by atoms with Gasteiger partial charge in [-0.25, -0.2) is 14.5 Å². The average molecular weight is 746 g/mol. The second-order valence-corrected chi connectivity index (χ2v) is 13.8. The molecule has 7 rings (SSSR count). The Morgan fingerprint density at radius 3 is 2.58 bits per heavy atom. The van der Waals surface area contributed by atoms with Crippen molar-refractivity contribution in [3.05, 3.63) is 76.3 Å². The lowest BCUT2D eigenvalue weighted by Crippen LogP contribution is -2.35. The van der Waals surface area contributed by atoms with Crippen LogP contribution in [-0.4, -0.2) is 74.9 Å². The predicted molar refractivity (Wildman–Crippen MR) is 197 cm³/mol. The summed E-state index contributed by atoms with van der Waals surface area (Å²) in [5.74, 6) is 0.870. The summed E-state index contributed by atoms with van der Waals surface area (Å²) in [4.78, 5) is 37.0. The third-order valence-electron chi connectivity index (χ3n) is 9.69. The zero-order chi connectivity index (χ0) is 36.4. The molecule has 1 aliphatic carbocycles. The number of hydrogen-bond donors (Lipinski definition) is 4. The number of carboxylic acids is 1. The molecule has 15 heteroatoms. The number of halogens is 2. The van der Waals surface area contributed by atoms with Crippen LogP contribution < -0.4 is 25.4 Å². The molecule has 4 aromatic heterocycles. The summed E-state index contributed by atoms with van der Waals surface area (Å²) in [7, 11) is 3.15. The summed E-state index contributed by atoms with van der Waals surface area (Å²) in [6.07, 6.45) is 6.86. The number of aliphatic carboxylic acids is 1. The number of hydrogen-bond acceptors (Lipinski definition) is 10. The van der Waals surface area contributed by atoms with Crippen LogP contribution in [0.15, 0.2) is 54.9 Å². The molecule has 5 heterocycles. The second kappa shape index (κ2) is 15.0. The van der Waals surface area contributed by atoms with Gasteiger partial charge in [0.25, 0.3) is 0 Å². The van der Waals surface area contributed by atoms with E-state index in [9.17, 15) is 14.7 Å². The molecular formula is C37H38Cl2N8O5. The van der Waals surface area contributed by atoms with Crippen LogP contribution in [-0.2, 0) is 22.7 Å². The number of pyridine rings is 3. The van der Waals surface area contributed by atoms with Crippen LogP contribution in [0.25, 0.3) is 39.3 Å². The Morgan fingerprint density at radius 2 is 1.85 bits per heavy atom. The normalized spacial score (nSPS) is 16.2. The van der Waals surface area contributed by atoms with Crippen LogP contribution >= 0.6 is 23.2 Å². The number of amides is 1. The maximum absolute atomic E-state index is 11.5. The van der Waals surface area contributed by atoms with Gasteiger partial charge in [0.2, 0.25) is 11.8 Å². The Kier molecular flexibility index (Phi) is 10.3. The zero-order valence-corrected chi connectivity index (χ0v) is 30.2. The average Bonchev–Trinajstić information content (AvgIpc) is 3.66. The molecular weight excluding hydrogens is 707 g/mol. The van der Waals surface area contributed by atoms with Crippen molar-refractivity contribution in [2.75, 3.05) is 27.3 Å². The monoisotopic (exact) mass is 744 g/mol. The first-order chi connectivity index (χ1) is 25.2. The van der Waals surface area contributed by atoms with E-state index in [2.05, 4.69) is 31.0 Å². The van der Waals surface area contributed by atoms with E-state index in [1.807, 2.05) is 42.5 Å². The summed E-state index contributed by atoms with van der Waals surface area (Å²) in [6.45, 7) is 2.12. The van der Waals surface area contributed by atoms with Crippen molar-refractivity contribution in [1.29, 1.82) is 0 Å². The number of carboxylic acid groups (broad SMARTS) is 1. The third kappa shape index (κ3) is 7.26. The van der Waals surface area contributed by atoms with Gasteiger partial charge in [0.1, 0.15) is 0 Å². The molecule has 1 aliphatic heterocycles. The van der Waals surface area contributed by atoms with E-state index in [1.165, 1.54) is 0 Å². The predicted octanol–water partition coefficient (Wildman–Crippen LogP) is 5.56. The van der Waals surface area contributed by atoms with Crippen LogP contribution in [0.2, 0.25) is 10.0 Å². The van der Waals surface area contributed by atoms with Gasteiger partial charge in [-0.15, -0.1) is 5.10 Å². The van der Waals surface area contributed by atoms with Gasteiger partial charge >= 0.3 is 5.97 Å². The number of carbonyl (C=O) groups is 2. The molecule has 1 atom stereocenters. The Labute approximate surface area is 310 Å². The van der Waals surface area contributed by atoms with Gasteiger partial charge in [0.15, 0.2) is 17.2 Å². The number of carbonyl (C=O) groups excluding carboxylic acids is 1. The molecule has 0 spiro atoms. The zero-order valence-electron chi connectivity index (χ0n) is 28.7. The van der Waals surface area contributed by atoms with E-state index in [1.54, 1.807) is 31.1 Å². The van der Waals surface area contributed by atoms with Gasteiger partial charge in [-0.05, 0) is 50.4 Å². The fourth-order valence-corrected chi connectivity index (χ4v) is 7.18. The molecule has 0 unspecified atom stereocenters. The molecule has 52 heavy (non-hydrogen) atoms. The minimum absolute atomic E-state index is 0.0882. The summed E-state index contributed by atoms with van der Waals surface area (Å²) in [5.41, 5.74) is 4.74. The maximum Gasteiger partial charge on any atom is 0.309 e. The Bertz CT molecular complexity index is 2150. The standard InChI is InChI=1S/C37H38Cl2N8O5/c1-51-28-16-22(20-47-34(28)45-29(46-47)19-40-15-13-37(11-12-37)36(49)50)33-32(39)25(10-14-42-33)24-4-3-5-26(31(24)38)27-8-6-21(35(44-27)52-2)17-41-18-23-7-9-30(48)43-23/h3-6,8,10,14,16,20,23,40-41H,7,9,11-13,15,17-19H2,1-2H3,(H,43,48)(H,49,50)/t23-/m1/s1. The summed E-state index contributed by atoms with van der Waals surface area (Å²) >= 11 is 14.2. The lowest BCUT2D eigenvalue weighted by Gasteiger charge is -2.15. The number of ether oxygens (including phenoxy) is 2. The smallest absolute Gasteiger partial charge is 0.309 e. The highest BCUT2D eigenvalue weighted by Crippen LogP contribution is 2.48. The number of fused-ring (bicyclic) bond motifs is 1. The topological polar surface area (TPSA) is 165 Å². The van der Waals surface area contributed by atoms with Crippen LogP contribution in [0.4, 0.5) is 0 Å². The summed E-state index contributed by atoms with van der Waals surface area (Å²) in [6, 6.07) is 13.3. The first-order valence-corrected chi connectivity index (χ1v) is 17.8. The van der Waals surface area contributed by atoms with Gasteiger partial charge in [-0.3, -0.25) is 14.6 Å². The molecule has 270 valence electrons. The molecule has 1 aromatic carbocycles. The molecule has 0 bridgehead atoms. The fraction of sp³-hybridized carbons (Fsp3) is 0.351. The van der Waals surface area contributed by atoms with E-state index in [-0.39, 0.29) is 11.9 Å². The highest BCUT2D eigenvalue weighted by molar-refractivity contribution is 6.39. The van der Waals surface area contributed by atoms with Crippen LogP contribution in [0.1, 0.15) is 43.5 Å². The molecule has 2 aliphatic rings. The number of rotatable bonds is 15.